The Labute approximate surface area is 203 Å². The normalized spacial score (nSPS) is 11.9. The number of rotatable bonds is 4. The lowest BCUT2D eigenvalue weighted by Crippen LogP contribution is -2.28. The van der Waals surface area contributed by atoms with Crippen LogP contribution in [0.2, 0.25) is 10.0 Å². The molecule has 0 aliphatic heterocycles. The zero-order chi connectivity index (χ0) is 24.7. The fourth-order valence-electron chi connectivity index (χ4n) is 3.54. The van der Waals surface area contributed by atoms with Gasteiger partial charge in [0.15, 0.2) is 5.82 Å². The number of nitrogen functional groups attached to an aromatic ring is 3. The third-order valence-electron chi connectivity index (χ3n) is 5.10. The van der Waals surface area contributed by atoms with Crippen LogP contribution in [0, 0.1) is 18.3 Å². The molecule has 0 fully saturated rings. The van der Waals surface area contributed by atoms with Crippen molar-refractivity contribution < 1.29 is 0 Å². The maximum absolute atomic E-state index is 13.7. The molecule has 34 heavy (non-hydrogen) atoms. The van der Waals surface area contributed by atoms with Crippen LogP contribution in [-0.4, -0.2) is 24.5 Å². The Morgan fingerprint density at radius 1 is 1.15 bits per heavy atom. The standard InChI is InChI=1S/C21H18Cl2N10O/c1-8-5-14(25)28-7-13(8)33-19(30-16-12(23)4-3-11(22)15(16)20(33)34)9(2)29-18-10(6-24)17(26)31-21(27)32-18/h3-5,7,9H,1-2H3,(H2,25,28)(H5,26,27,29,31,32). The summed E-state index contributed by atoms with van der Waals surface area (Å²) < 4.78 is 1.37. The minimum atomic E-state index is -0.690. The van der Waals surface area contributed by atoms with Crippen LogP contribution in [0.15, 0.2) is 29.2 Å². The van der Waals surface area contributed by atoms with Crippen LogP contribution in [-0.2, 0) is 0 Å². The van der Waals surface area contributed by atoms with E-state index in [-0.39, 0.29) is 49.9 Å². The molecule has 1 unspecified atom stereocenters. The van der Waals surface area contributed by atoms with Gasteiger partial charge in [0, 0.05) is 0 Å². The van der Waals surface area contributed by atoms with Crippen LogP contribution < -0.4 is 28.1 Å². The molecule has 4 rings (SSSR count). The van der Waals surface area contributed by atoms with E-state index in [0.29, 0.717) is 17.1 Å². The summed E-state index contributed by atoms with van der Waals surface area (Å²) in [7, 11) is 0. The molecule has 0 saturated heterocycles. The first kappa shape index (κ1) is 23.0. The van der Waals surface area contributed by atoms with Gasteiger partial charge in [0.2, 0.25) is 5.95 Å². The molecule has 0 amide bonds. The molecule has 172 valence electrons. The number of benzene rings is 1. The van der Waals surface area contributed by atoms with Gasteiger partial charge in [-0.1, -0.05) is 23.2 Å². The molecule has 0 bridgehead atoms. The van der Waals surface area contributed by atoms with Crippen molar-refractivity contribution in [3.8, 4) is 11.8 Å². The number of nitriles is 1. The first-order chi connectivity index (χ1) is 16.1. The fourth-order valence-corrected chi connectivity index (χ4v) is 3.98. The number of halogens is 2. The van der Waals surface area contributed by atoms with E-state index in [0.717, 1.165) is 0 Å². The van der Waals surface area contributed by atoms with Gasteiger partial charge in [0.25, 0.3) is 5.56 Å². The second-order valence-electron chi connectivity index (χ2n) is 7.43. The molecule has 0 saturated carbocycles. The molecular weight excluding hydrogens is 479 g/mol. The Morgan fingerprint density at radius 2 is 1.85 bits per heavy atom. The minimum absolute atomic E-state index is 0.00199. The van der Waals surface area contributed by atoms with Crippen molar-refractivity contribution in [1.82, 2.24) is 24.5 Å². The Morgan fingerprint density at radius 3 is 2.53 bits per heavy atom. The number of nitrogens with zero attached hydrogens (tertiary/aromatic N) is 6. The summed E-state index contributed by atoms with van der Waals surface area (Å²) in [5.74, 6) is 0.425. The van der Waals surface area contributed by atoms with Gasteiger partial charge < -0.3 is 22.5 Å². The third-order valence-corrected chi connectivity index (χ3v) is 5.72. The van der Waals surface area contributed by atoms with E-state index in [1.807, 2.05) is 6.07 Å². The maximum atomic E-state index is 13.7. The van der Waals surface area contributed by atoms with E-state index in [2.05, 4.69) is 25.3 Å². The number of nitrogens with one attached hydrogen (secondary N) is 1. The van der Waals surface area contributed by atoms with Crippen LogP contribution in [0.4, 0.5) is 23.4 Å². The molecule has 3 heterocycles. The number of aryl methyl sites for hydroxylation is 1. The van der Waals surface area contributed by atoms with Crippen molar-refractivity contribution in [2.24, 2.45) is 0 Å². The SMILES string of the molecule is Cc1cc(N)ncc1-n1c(C(C)Nc2nc(N)nc(N)c2C#N)nc2c(Cl)ccc(Cl)c2c1=O. The zero-order valence-electron chi connectivity index (χ0n) is 18.0. The van der Waals surface area contributed by atoms with E-state index in [1.165, 1.54) is 16.8 Å². The average Bonchev–Trinajstić information content (AvgIpc) is 2.76. The van der Waals surface area contributed by atoms with Crippen LogP contribution >= 0.6 is 23.2 Å². The lowest BCUT2D eigenvalue weighted by Gasteiger charge is -2.22. The van der Waals surface area contributed by atoms with Crippen molar-refractivity contribution >= 4 is 57.5 Å². The summed E-state index contributed by atoms with van der Waals surface area (Å²) in [4.78, 5) is 30.4. The first-order valence-electron chi connectivity index (χ1n) is 9.85. The number of hydrogen-bond acceptors (Lipinski definition) is 10. The predicted octanol–water partition coefficient (Wildman–Crippen LogP) is 2.98. The molecule has 1 atom stereocenters. The van der Waals surface area contributed by atoms with Gasteiger partial charge in [-0.15, -0.1) is 0 Å². The molecule has 3 aromatic heterocycles. The molecule has 13 heteroatoms. The molecule has 4 aromatic rings. The summed E-state index contributed by atoms with van der Waals surface area (Å²) in [5.41, 5.74) is 18.2. The van der Waals surface area contributed by atoms with E-state index in [9.17, 15) is 10.1 Å². The third kappa shape index (κ3) is 3.89. The summed E-state index contributed by atoms with van der Waals surface area (Å²) in [6, 6.07) is 5.97. The topological polar surface area (TPSA) is 187 Å². The van der Waals surface area contributed by atoms with Crippen molar-refractivity contribution in [3.05, 3.63) is 61.7 Å². The predicted molar refractivity (Wildman–Crippen MR) is 132 cm³/mol. The van der Waals surface area contributed by atoms with E-state index in [1.54, 1.807) is 26.0 Å². The van der Waals surface area contributed by atoms with Gasteiger partial charge >= 0.3 is 0 Å². The van der Waals surface area contributed by atoms with E-state index in [4.69, 9.17) is 40.4 Å². The van der Waals surface area contributed by atoms with Crippen molar-refractivity contribution in [2.45, 2.75) is 19.9 Å². The summed E-state index contributed by atoms with van der Waals surface area (Å²) >= 11 is 12.7. The molecule has 0 radical (unpaired) electrons. The highest BCUT2D eigenvalue weighted by atomic mass is 35.5. The number of fused-ring (bicyclic) bond motifs is 1. The van der Waals surface area contributed by atoms with E-state index >= 15 is 0 Å². The molecule has 1 aromatic carbocycles. The number of nitrogens with two attached hydrogens (primary N) is 3. The average molecular weight is 497 g/mol. The Hall–Kier alpha value is -4.14. The van der Waals surface area contributed by atoms with Crippen LogP contribution in [0.5, 0.6) is 0 Å². The highest BCUT2D eigenvalue weighted by molar-refractivity contribution is 6.39. The van der Waals surface area contributed by atoms with Crippen molar-refractivity contribution in [1.29, 1.82) is 5.26 Å². The highest BCUT2D eigenvalue weighted by Crippen LogP contribution is 2.30. The highest BCUT2D eigenvalue weighted by Gasteiger charge is 2.23. The number of anilines is 4. The molecule has 7 N–H and O–H groups in total. The maximum Gasteiger partial charge on any atom is 0.267 e. The van der Waals surface area contributed by atoms with Gasteiger partial charge in [-0.05, 0) is 37.6 Å². The largest absolute Gasteiger partial charge is 0.384 e. The molecule has 0 spiro atoms. The number of aromatic nitrogens is 5. The van der Waals surface area contributed by atoms with E-state index < -0.39 is 11.6 Å². The molecule has 11 nitrogen and oxygen atoms in total. The lowest BCUT2D eigenvalue weighted by molar-refractivity contribution is 0.727. The summed E-state index contributed by atoms with van der Waals surface area (Å²) in [5, 5.41) is 13.1. The van der Waals surface area contributed by atoms with Gasteiger partial charge in [-0.2, -0.15) is 15.2 Å². The Bertz CT molecular complexity index is 1560. The number of hydrogen-bond donors (Lipinski definition) is 4. The molecule has 0 aliphatic rings. The van der Waals surface area contributed by atoms with Gasteiger partial charge in [0.05, 0.1) is 38.9 Å². The van der Waals surface area contributed by atoms with Gasteiger partial charge in [-0.25, -0.2) is 9.97 Å². The smallest absolute Gasteiger partial charge is 0.267 e. The van der Waals surface area contributed by atoms with Gasteiger partial charge in [-0.3, -0.25) is 9.36 Å². The quantitative estimate of drug-likeness (QED) is 0.326. The Kier molecular flexibility index (Phi) is 5.87. The molecule has 0 aliphatic carbocycles. The second-order valence-corrected chi connectivity index (χ2v) is 8.24. The fraction of sp³-hybridized carbons (Fsp3) is 0.143. The first-order valence-corrected chi connectivity index (χ1v) is 10.6. The van der Waals surface area contributed by atoms with Crippen LogP contribution in [0.25, 0.3) is 16.6 Å². The van der Waals surface area contributed by atoms with Crippen molar-refractivity contribution in [2.75, 3.05) is 22.5 Å². The minimum Gasteiger partial charge on any atom is -0.384 e. The zero-order valence-corrected chi connectivity index (χ0v) is 19.5. The Balaban J connectivity index is 2.01. The number of pyridine rings is 1. The van der Waals surface area contributed by atoms with Gasteiger partial charge in [0.1, 0.15) is 29.1 Å². The second kappa shape index (κ2) is 8.66. The van der Waals surface area contributed by atoms with Crippen molar-refractivity contribution in [3.63, 3.8) is 0 Å². The molecular formula is C21H18Cl2N10O. The monoisotopic (exact) mass is 496 g/mol. The lowest BCUT2D eigenvalue weighted by atomic mass is 10.1. The summed E-state index contributed by atoms with van der Waals surface area (Å²) in [6.45, 7) is 3.50. The van der Waals surface area contributed by atoms with Crippen LogP contribution in [0.3, 0.4) is 0 Å². The summed E-state index contributed by atoms with van der Waals surface area (Å²) in [6.07, 6.45) is 1.47. The van der Waals surface area contributed by atoms with Crippen LogP contribution in [0.1, 0.15) is 29.9 Å².